The summed E-state index contributed by atoms with van der Waals surface area (Å²) in [6.07, 6.45) is 1.96. The van der Waals surface area contributed by atoms with Crippen molar-refractivity contribution in [2.45, 2.75) is 12.8 Å². The number of rotatable bonds is 6. The zero-order chi connectivity index (χ0) is 22.5. The Morgan fingerprint density at radius 1 is 0.969 bits per heavy atom. The number of carboxylic acid groups (broad SMARTS) is 1. The minimum absolute atomic E-state index is 0.101. The van der Waals surface area contributed by atoms with Crippen molar-refractivity contribution in [3.63, 3.8) is 0 Å². The number of carboxylic acids is 1. The Morgan fingerprint density at radius 3 is 2.31 bits per heavy atom. The normalized spacial score (nSPS) is 15.9. The van der Waals surface area contributed by atoms with Gasteiger partial charge in [0, 0.05) is 30.2 Å². The molecule has 1 aliphatic rings. The first kappa shape index (κ1) is 21.9. The highest BCUT2D eigenvalue weighted by atomic mass is 35.5. The van der Waals surface area contributed by atoms with Crippen LogP contribution in [0.5, 0.6) is 0 Å². The van der Waals surface area contributed by atoms with E-state index in [1.807, 2.05) is 60.7 Å². The molecule has 4 rings (SSSR count). The van der Waals surface area contributed by atoms with Crippen LogP contribution in [0.25, 0.3) is 11.1 Å². The fraction of sp³-hybridized carbons (Fsp3) is 0.231. The number of halogens is 1. The van der Waals surface area contributed by atoms with E-state index in [1.165, 1.54) is 0 Å². The third kappa shape index (κ3) is 5.11. The van der Waals surface area contributed by atoms with E-state index in [2.05, 4.69) is 10.2 Å². The Bertz CT molecular complexity index is 1100. The number of hydrogen-bond donors (Lipinski definition) is 2. The summed E-state index contributed by atoms with van der Waals surface area (Å²) in [7, 11) is 0. The van der Waals surface area contributed by atoms with Crippen molar-refractivity contribution in [3.8, 4) is 11.1 Å². The standard InChI is InChI=1S/C26H25ClN2O3/c27-22-13-11-20(12-14-22)19-7-9-21(10-8-19)25(30)28-16-18-4-3-15-29(17-18)24-6-2-1-5-23(24)26(31)32/h1-2,5-14,18H,3-4,15-17H2,(H,28,30)(H,31,32). The van der Waals surface area contributed by atoms with Gasteiger partial charge < -0.3 is 15.3 Å². The molecule has 0 saturated carbocycles. The van der Waals surface area contributed by atoms with Gasteiger partial charge in [0.1, 0.15) is 0 Å². The van der Waals surface area contributed by atoms with Crippen LogP contribution in [0, 0.1) is 5.92 Å². The van der Waals surface area contributed by atoms with E-state index in [4.69, 9.17) is 11.6 Å². The van der Waals surface area contributed by atoms with Crippen LogP contribution in [0.15, 0.2) is 72.8 Å². The summed E-state index contributed by atoms with van der Waals surface area (Å²) >= 11 is 5.95. The van der Waals surface area contributed by atoms with Gasteiger partial charge in [0.05, 0.1) is 11.3 Å². The van der Waals surface area contributed by atoms with Crippen molar-refractivity contribution in [1.29, 1.82) is 0 Å². The van der Waals surface area contributed by atoms with Crippen molar-refractivity contribution in [2.24, 2.45) is 5.92 Å². The van der Waals surface area contributed by atoms with E-state index in [-0.39, 0.29) is 11.8 Å². The maximum atomic E-state index is 12.7. The first-order chi connectivity index (χ1) is 15.5. The lowest BCUT2D eigenvalue weighted by Crippen LogP contribution is -2.41. The molecule has 5 nitrogen and oxygen atoms in total. The fourth-order valence-corrected chi connectivity index (χ4v) is 4.30. The monoisotopic (exact) mass is 448 g/mol. The molecule has 0 radical (unpaired) electrons. The summed E-state index contributed by atoms with van der Waals surface area (Å²) in [4.78, 5) is 26.3. The molecule has 2 N–H and O–H groups in total. The highest BCUT2D eigenvalue weighted by Gasteiger charge is 2.23. The van der Waals surface area contributed by atoms with Crippen molar-refractivity contribution < 1.29 is 14.7 Å². The average molecular weight is 449 g/mol. The van der Waals surface area contributed by atoms with Gasteiger partial charge in [-0.05, 0) is 66.3 Å². The number of nitrogens with one attached hydrogen (secondary N) is 1. The molecule has 1 unspecified atom stereocenters. The summed E-state index contributed by atoms with van der Waals surface area (Å²) in [6, 6.07) is 22.2. The molecule has 6 heteroatoms. The minimum Gasteiger partial charge on any atom is -0.478 e. The molecule has 3 aromatic carbocycles. The van der Waals surface area contributed by atoms with Crippen LogP contribution in [0.4, 0.5) is 5.69 Å². The maximum absolute atomic E-state index is 12.7. The highest BCUT2D eigenvalue weighted by Crippen LogP contribution is 2.26. The number of amides is 1. The van der Waals surface area contributed by atoms with Crippen LogP contribution in [-0.2, 0) is 0 Å². The van der Waals surface area contributed by atoms with Crippen LogP contribution >= 0.6 is 11.6 Å². The molecule has 1 fully saturated rings. The second-order valence-electron chi connectivity index (χ2n) is 8.07. The van der Waals surface area contributed by atoms with Crippen LogP contribution < -0.4 is 10.2 Å². The molecule has 32 heavy (non-hydrogen) atoms. The van der Waals surface area contributed by atoms with Gasteiger partial charge in [-0.25, -0.2) is 4.79 Å². The summed E-state index contributed by atoms with van der Waals surface area (Å²) in [5.41, 5.74) is 3.75. The Hall–Kier alpha value is -3.31. The Balaban J connectivity index is 1.36. The smallest absolute Gasteiger partial charge is 0.337 e. The van der Waals surface area contributed by atoms with Crippen LogP contribution in [0.2, 0.25) is 5.02 Å². The molecule has 164 valence electrons. The molecular weight excluding hydrogens is 424 g/mol. The first-order valence-electron chi connectivity index (χ1n) is 10.7. The zero-order valence-corrected chi connectivity index (χ0v) is 18.4. The van der Waals surface area contributed by atoms with Gasteiger partial charge in [-0.1, -0.05) is 48.0 Å². The van der Waals surface area contributed by atoms with Gasteiger partial charge in [-0.2, -0.15) is 0 Å². The molecular formula is C26H25ClN2O3. The van der Waals surface area contributed by atoms with Crippen molar-refractivity contribution in [2.75, 3.05) is 24.5 Å². The van der Waals surface area contributed by atoms with E-state index in [0.717, 1.165) is 42.7 Å². The lowest BCUT2D eigenvalue weighted by atomic mass is 9.96. The van der Waals surface area contributed by atoms with Gasteiger partial charge in [-0.3, -0.25) is 4.79 Å². The maximum Gasteiger partial charge on any atom is 0.337 e. The third-order valence-electron chi connectivity index (χ3n) is 5.87. The molecule has 1 aliphatic heterocycles. The number of hydrogen-bond acceptors (Lipinski definition) is 3. The van der Waals surface area contributed by atoms with Gasteiger partial charge in [0.15, 0.2) is 0 Å². The predicted molar refractivity (Wildman–Crippen MR) is 128 cm³/mol. The second-order valence-corrected chi connectivity index (χ2v) is 8.51. The van der Waals surface area contributed by atoms with E-state index in [1.54, 1.807) is 12.1 Å². The molecule has 3 aromatic rings. The number of anilines is 1. The summed E-state index contributed by atoms with van der Waals surface area (Å²) in [6.45, 7) is 2.10. The molecule has 0 bridgehead atoms. The molecule has 1 heterocycles. The Kier molecular flexibility index (Phi) is 6.76. The quantitative estimate of drug-likeness (QED) is 0.533. The van der Waals surface area contributed by atoms with E-state index >= 15 is 0 Å². The van der Waals surface area contributed by atoms with Gasteiger partial charge >= 0.3 is 5.97 Å². The van der Waals surface area contributed by atoms with Gasteiger partial charge in [0.2, 0.25) is 0 Å². The number of aromatic carboxylic acids is 1. The topological polar surface area (TPSA) is 69.6 Å². The second kappa shape index (κ2) is 9.88. The fourth-order valence-electron chi connectivity index (χ4n) is 4.18. The number of piperidine rings is 1. The van der Waals surface area contributed by atoms with Gasteiger partial charge in [-0.15, -0.1) is 0 Å². The van der Waals surface area contributed by atoms with Crippen molar-refractivity contribution in [1.82, 2.24) is 5.32 Å². The van der Waals surface area contributed by atoms with Crippen LogP contribution in [0.3, 0.4) is 0 Å². The van der Waals surface area contributed by atoms with E-state index in [9.17, 15) is 14.7 Å². The Labute approximate surface area is 192 Å². The summed E-state index contributed by atoms with van der Waals surface area (Å²) in [5.74, 6) is -0.753. The van der Waals surface area contributed by atoms with Crippen LogP contribution in [0.1, 0.15) is 33.6 Å². The molecule has 1 amide bonds. The number of carbonyl (C=O) groups excluding carboxylic acids is 1. The lowest BCUT2D eigenvalue weighted by Gasteiger charge is -2.35. The number of para-hydroxylation sites is 1. The van der Waals surface area contributed by atoms with Crippen LogP contribution in [-0.4, -0.2) is 36.6 Å². The van der Waals surface area contributed by atoms with Gasteiger partial charge in [0.25, 0.3) is 5.91 Å². The predicted octanol–water partition coefficient (Wildman–Crippen LogP) is 5.35. The van der Waals surface area contributed by atoms with Crippen molar-refractivity contribution in [3.05, 3.63) is 88.9 Å². The average Bonchev–Trinajstić information content (AvgIpc) is 2.83. The SMILES string of the molecule is O=C(NCC1CCCN(c2ccccc2C(=O)O)C1)c1ccc(-c2ccc(Cl)cc2)cc1. The molecule has 0 aromatic heterocycles. The third-order valence-corrected chi connectivity index (χ3v) is 6.12. The molecule has 0 spiro atoms. The number of carbonyl (C=O) groups is 2. The lowest BCUT2D eigenvalue weighted by molar-refractivity contribution is 0.0697. The van der Waals surface area contributed by atoms with E-state index < -0.39 is 5.97 Å². The summed E-state index contributed by atoms with van der Waals surface area (Å²) in [5, 5.41) is 13.2. The van der Waals surface area contributed by atoms with Crippen molar-refractivity contribution >= 4 is 29.2 Å². The molecule has 0 aliphatic carbocycles. The zero-order valence-electron chi connectivity index (χ0n) is 17.6. The van der Waals surface area contributed by atoms with E-state index in [0.29, 0.717) is 22.7 Å². The first-order valence-corrected chi connectivity index (χ1v) is 11.1. The Morgan fingerprint density at radius 2 is 1.62 bits per heavy atom. The molecule has 1 atom stereocenters. The minimum atomic E-state index is -0.918. The number of nitrogens with zero attached hydrogens (tertiary/aromatic N) is 1. The molecule has 1 saturated heterocycles. The largest absolute Gasteiger partial charge is 0.478 e. The highest BCUT2D eigenvalue weighted by molar-refractivity contribution is 6.30. The number of benzene rings is 3. The summed E-state index contributed by atoms with van der Waals surface area (Å²) < 4.78 is 0.